The van der Waals surface area contributed by atoms with Gasteiger partial charge < -0.3 is 10.2 Å². The van der Waals surface area contributed by atoms with Gasteiger partial charge in [0.2, 0.25) is 0 Å². The summed E-state index contributed by atoms with van der Waals surface area (Å²) in [4.78, 5) is 18.6. The van der Waals surface area contributed by atoms with Crippen LogP contribution in [0.15, 0.2) is 30.9 Å². The van der Waals surface area contributed by atoms with Crippen molar-refractivity contribution in [3.8, 4) is 0 Å². The molecule has 1 aromatic carbocycles. The summed E-state index contributed by atoms with van der Waals surface area (Å²) in [5.41, 5.74) is 2.06. The summed E-state index contributed by atoms with van der Waals surface area (Å²) in [7, 11) is 0. The molecule has 25 heavy (non-hydrogen) atoms. The molecule has 132 valence electrons. The summed E-state index contributed by atoms with van der Waals surface area (Å²) in [6.45, 7) is 1.39. The number of urea groups is 1. The van der Waals surface area contributed by atoms with Crippen molar-refractivity contribution in [3.05, 3.63) is 47.8 Å². The van der Waals surface area contributed by atoms with Crippen molar-refractivity contribution in [3.63, 3.8) is 0 Å². The number of likely N-dealkylation sites (tertiary alicyclic amines) is 1. The smallest absolute Gasteiger partial charge is 0.317 e. The van der Waals surface area contributed by atoms with Gasteiger partial charge in [-0.3, -0.25) is 0 Å². The maximum absolute atomic E-state index is 13.4. The topological polar surface area (TPSA) is 63.1 Å². The van der Waals surface area contributed by atoms with Crippen LogP contribution < -0.4 is 5.32 Å². The number of fused-ring (bicyclic) bond motifs is 1. The lowest BCUT2D eigenvalue weighted by Crippen LogP contribution is -2.47. The number of aromatic nitrogens is 3. The molecule has 2 amide bonds. The third kappa shape index (κ3) is 3.36. The second kappa shape index (κ2) is 6.82. The lowest BCUT2D eigenvalue weighted by atomic mass is 9.87. The Kier molecular flexibility index (Phi) is 4.38. The molecule has 2 unspecified atom stereocenters. The van der Waals surface area contributed by atoms with E-state index in [1.165, 1.54) is 12.4 Å². The summed E-state index contributed by atoms with van der Waals surface area (Å²) >= 11 is 0. The van der Waals surface area contributed by atoms with Crippen molar-refractivity contribution in [2.45, 2.75) is 44.2 Å². The number of amides is 2. The third-order valence-corrected chi connectivity index (χ3v) is 5.21. The highest BCUT2D eigenvalue weighted by molar-refractivity contribution is 5.75. The molecule has 1 saturated heterocycles. The van der Waals surface area contributed by atoms with Crippen molar-refractivity contribution in [1.82, 2.24) is 25.0 Å². The van der Waals surface area contributed by atoms with Crippen molar-refractivity contribution in [2.24, 2.45) is 0 Å². The van der Waals surface area contributed by atoms with Gasteiger partial charge in [0.05, 0.1) is 12.1 Å². The molecular formula is C18H22FN5O. The minimum absolute atomic E-state index is 0.0383. The zero-order valence-corrected chi connectivity index (χ0v) is 14.1. The van der Waals surface area contributed by atoms with E-state index >= 15 is 0 Å². The molecule has 0 spiro atoms. The maximum Gasteiger partial charge on any atom is 0.317 e. The molecule has 2 aliphatic rings. The van der Waals surface area contributed by atoms with E-state index in [0.717, 1.165) is 49.8 Å². The lowest BCUT2D eigenvalue weighted by Gasteiger charge is -2.35. The summed E-state index contributed by atoms with van der Waals surface area (Å²) < 4.78 is 15.3. The van der Waals surface area contributed by atoms with Crippen LogP contribution in [0.3, 0.4) is 0 Å². The molecule has 1 N–H and O–H groups in total. The van der Waals surface area contributed by atoms with Gasteiger partial charge in [0.25, 0.3) is 0 Å². The standard InChI is InChI=1S/C18H22FN5O/c19-14-6-7-16-13(9-14)3-1-5-17(16)22-18(25)23-8-2-4-15(10-23)24-12-20-11-21-24/h6-7,9,11-12,15,17H,1-5,8,10H2,(H,22,25). The zero-order chi connectivity index (χ0) is 17.2. The van der Waals surface area contributed by atoms with Crippen LogP contribution in [0, 0.1) is 5.82 Å². The second-order valence-electron chi connectivity index (χ2n) is 6.86. The van der Waals surface area contributed by atoms with Gasteiger partial charge in [-0.05, 0) is 55.4 Å². The van der Waals surface area contributed by atoms with Crippen LogP contribution in [0.5, 0.6) is 0 Å². The molecule has 0 saturated carbocycles. The Bertz CT molecular complexity index is 748. The molecule has 0 radical (unpaired) electrons. The Morgan fingerprint density at radius 3 is 3.04 bits per heavy atom. The molecular weight excluding hydrogens is 321 g/mol. The summed E-state index contributed by atoms with van der Waals surface area (Å²) in [6.07, 6.45) is 7.91. The number of nitrogens with zero attached hydrogens (tertiary/aromatic N) is 4. The number of nitrogens with one attached hydrogen (secondary N) is 1. The van der Waals surface area contributed by atoms with Gasteiger partial charge in [0.15, 0.2) is 0 Å². The fourth-order valence-electron chi connectivity index (χ4n) is 3.93. The normalized spacial score (nSPS) is 23.2. The van der Waals surface area contributed by atoms with E-state index in [1.807, 2.05) is 15.6 Å². The van der Waals surface area contributed by atoms with Crippen LogP contribution >= 0.6 is 0 Å². The number of carbonyl (C=O) groups excluding carboxylic acids is 1. The monoisotopic (exact) mass is 343 g/mol. The van der Waals surface area contributed by atoms with Crippen molar-refractivity contribution >= 4 is 6.03 Å². The van der Waals surface area contributed by atoms with Gasteiger partial charge >= 0.3 is 6.03 Å². The Balaban J connectivity index is 1.44. The Morgan fingerprint density at radius 2 is 2.20 bits per heavy atom. The van der Waals surface area contributed by atoms with Crippen molar-refractivity contribution in [1.29, 1.82) is 0 Å². The minimum atomic E-state index is -0.211. The molecule has 2 aromatic rings. The van der Waals surface area contributed by atoms with Gasteiger partial charge in [-0.15, -0.1) is 0 Å². The molecule has 1 aliphatic carbocycles. The Hall–Kier alpha value is -2.44. The molecule has 7 heteroatoms. The molecule has 1 aromatic heterocycles. The number of halogens is 1. The number of carbonyl (C=O) groups is 1. The summed E-state index contributed by atoms with van der Waals surface area (Å²) in [6, 6.07) is 4.97. The van der Waals surface area contributed by atoms with Crippen LogP contribution in [0.4, 0.5) is 9.18 Å². The first-order valence-corrected chi connectivity index (χ1v) is 8.88. The Morgan fingerprint density at radius 1 is 1.28 bits per heavy atom. The number of rotatable bonds is 2. The number of benzene rings is 1. The predicted octanol–water partition coefficient (Wildman–Crippen LogP) is 2.84. The van der Waals surface area contributed by atoms with Crippen LogP contribution in [0.2, 0.25) is 0 Å². The minimum Gasteiger partial charge on any atom is -0.331 e. The quantitative estimate of drug-likeness (QED) is 0.912. The number of hydrogen-bond acceptors (Lipinski definition) is 3. The van der Waals surface area contributed by atoms with E-state index in [1.54, 1.807) is 12.4 Å². The van der Waals surface area contributed by atoms with Crippen LogP contribution in [-0.4, -0.2) is 38.8 Å². The zero-order valence-electron chi connectivity index (χ0n) is 14.1. The average Bonchev–Trinajstić information content (AvgIpc) is 3.16. The second-order valence-corrected chi connectivity index (χ2v) is 6.86. The van der Waals surface area contributed by atoms with Gasteiger partial charge in [-0.25, -0.2) is 18.9 Å². The average molecular weight is 343 g/mol. The molecule has 2 heterocycles. The molecule has 2 atom stereocenters. The van der Waals surface area contributed by atoms with Crippen LogP contribution in [0.25, 0.3) is 0 Å². The van der Waals surface area contributed by atoms with Crippen LogP contribution in [-0.2, 0) is 6.42 Å². The lowest BCUT2D eigenvalue weighted by molar-refractivity contribution is 0.159. The number of aryl methyl sites for hydroxylation is 1. The highest BCUT2D eigenvalue weighted by Crippen LogP contribution is 2.30. The fourth-order valence-corrected chi connectivity index (χ4v) is 3.93. The van der Waals surface area contributed by atoms with Gasteiger partial charge in [-0.1, -0.05) is 6.07 Å². The first-order valence-electron chi connectivity index (χ1n) is 8.88. The molecule has 6 nitrogen and oxygen atoms in total. The predicted molar refractivity (Wildman–Crippen MR) is 90.5 cm³/mol. The van der Waals surface area contributed by atoms with Crippen molar-refractivity contribution in [2.75, 3.05) is 13.1 Å². The first-order chi connectivity index (χ1) is 12.2. The highest BCUT2D eigenvalue weighted by atomic mass is 19.1. The van der Waals surface area contributed by atoms with Gasteiger partial charge in [0.1, 0.15) is 18.5 Å². The van der Waals surface area contributed by atoms with E-state index in [-0.39, 0.29) is 23.9 Å². The van der Waals surface area contributed by atoms with Gasteiger partial charge in [-0.2, -0.15) is 5.10 Å². The molecule has 1 aliphatic heterocycles. The van der Waals surface area contributed by atoms with E-state index in [4.69, 9.17) is 0 Å². The van der Waals surface area contributed by atoms with E-state index in [0.29, 0.717) is 6.54 Å². The molecule has 0 bridgehead atoms. The largest absolute Gasteiger partial charge is 0.331 e. The number of hydrogen-bond donors (Lipinski definition) is 1. The molecule has 4 rings (SSSR count). The highest BCUT2D eigenvalue weighted by Gasteiger charge is 2.28. The Labute approximate surface area is 146 Å². The first kappa shape index (κ1) is 16.1. The fraction of sp³-hybridized carbons (Fsp3) is 0.500. The van der Waals surface area contributed by atoms with Gasteiger partial charge in [0, 0.05) is 13.1 Å². The summed E-state index contributed by atoms with van der Waals surface area (Å²) in [5, 5.41) is 7.35. The van der Waals surface area contributed by atoms with E-state index in [2.05, 4.69) is 15.4 Å². The summed E-state index contributed by atoms with van der Waals surface area (Å²) in [5.74, 6) is -0.211. The number of piperidine rings is 1. The SMILES string of the molecule is O=C(NC1CCCc2cc(F)ccc21)N1CCCC(n2cncn2)C1. The van der Waals surface area contributed by atoms with E-state index < -0.39 is 0 Å². The van der Waals surface area contributed by atoms with Crippen LogP contribution in [0.1, 0.15) is 48.9 Å². The van der Waals surface area contributed by atoms with Crippen molar-refractivity contribution < 1.29 is 9.18 Å². The maximum atomic E-state index is 13.4. The van der Waals surface area contributed by atoms with E-state index in [9.17, 15) is 9.18 Å². The third-order valence-electron chi connectivity index (χ3n) is 5.21. The molecule has 1 fully saturated rings.